The Hall–Kier alpha value is -2.08. The summed E-state index contributed by atoms with van der Waals surface area (Å²) in [6, 6.07) is 14.3. The molecule has 5 nitrogen and oxygen atoms in total. The average Bonchev–Trinajstić information content (AvgIpc) is 3.35. The van der Waals surface area contributed by atoms with Crippen molar-refractivity contribution in [3.05, 3.63) is 64.2 Å². The van der Waals surface area contributed by atoms with Gasteiger partial charge in [0.05, 0.1) is 6.54 Å². The van der Waals surface area contributed by atoms with E-state index >= 15 is 0 Å². The number of benzene rings is 2. The molecular formula is C28H40ClN3O2. The third-order valence-electron chi connectivity index (χ3n) is 6.66. The molecule has 0 aromatic heterocycles. The molecule has 0 atom stereocenters. The normalized spacial score (nSPS) is 16.8. The highest BCUT2D eigenvalue weighted by Gasteiger charge is 2.25. The van der Waals surface area contributed by atoms with Crippen LogP contribution in [-0.4, -0.2) is 68.6 Å². The maximum Gasteiger partial charge on any atom is 0.236 e. The molecule has 2 heterocycles. The smallest absolute Gasteiger partial charge is 0.236 e. The van der Waals surface area contributed by atoms with Gasteiger partial charge in [0.2, 0.25) is 5.91 Å². The minimum Gasteiger partial charge on any atom is -0.492 e. The van der Waals surface area contributed by atoms with Gasteiger partial charge in [-0.15, -0.1) is 0 Å². The van der Waals surface area contributed by atoms with Crippen molar-refractivity contribution in [3.63, 3.8) is 0 Å². The van der Waals surface area contributed by atoms with Crippen LogP contribution in [0.25, 0.3) is 0 Å². The number of hydrogen-bond donors (Lipinski definition) is 1. The second kappa shape index (κ2) is 13.7. The predicted molar refractivity (Wildman–Crippen MR) is 141 cm³/mol. The van der Waals surface area contributed by atoms with Crippen molar-refractivity contribution in [2.75, 3.05) is 52.9 Å². The Morgan fingerprint density at radius 2 is 1.65 bits per heavy atom. The molecule has 2 fully saturated rings. The number of carbonyl (C=O) groups excluding carboxylic acids is 1. The number of aryl methyl sites for hydroxylation is 2. The second-order valence-electron chi connectivity index (χ2n) is 9.42. The molecule has 0 radical (unpaired) electrons. The van der Waals surface area contributed by atoms with Crippen LogP contribution in [0.1, 0.15) is 48.3 Å². The van der Waals surface area contributed by atoms with Crippen LogP contribution < -0.4 is 10.1 Å². The Balaban J connectivity index is 0.000000343. The molecule has 0 bridgehead atoms. The van der Waals surface area contributed by atoms with E-state index in [4.69, 9.17) is 16.3 Å². The van der Waals surface area contributed by atoms with E-state index in [2.05, 4.69) is 35.3 Å². The third kappa shape index (κ3) is 8.30. The van der Waals surface area contributed by atoms with Gasteiger partial charge in [0.15, 0.2) is 0 Å². The van der Waals surface area contributed by atoms with Gasteiger partial charge in [-0.3, -0.25) is 9.69 Å². The summed E-state index contributed by atoms with van der Waals surface area (Å²) in [6.45, 7) is 10.5. The molecule has 2 aliphatic heterocycles. The highest BCUT2D eigenvalue weighted by Crippen LogP contribution is 2.35. The molecule has 6 heteroatoms. The first-order chi connectivity index (χ1) is 16.5. The quantitative estimate of drug-likeness (QED) is 0.596. The molecule has 4 rings (SSSR count). The summed E-state index contributed by atoms with van der Waals surface area (Å²) >= 11 is 5.61. The van der Waals surface area contributed by atoms with E-state index < -0.39 is 0 Å². The Morgan fingerprint density at radius 3 is 2.26 bits per heavy atom. The molecule has 0 unspecified atom stereocenters. The van der Waals surface area contributed by atoms with Crippen LogP contribution in [-0.2, 0) is 4.79 Å². The van der Waals surface area contributed by atoms with Crippen LogP contribution in [0.5, 0.6) is 5.75 Å². The van der Waals surface area contributed by atoms with E-state index in [1.807, 2.05) is 43.1 Å². The van der Waals surface area contributed by atoms with Crippen molar-refractivity contribution in [3.8, 4) is 5.75 Å². The fourth-order valence-electron chi connectivity index (χ4n) is 4.63. The molecule has 186 valence electrons. The van der Waals surface area contributed by atoms with Crippen LogP contribution in [0.3, 0.4) is 0 Å². The molecule has 2 aliphatic rings. The topological polar surface area (TPSA) is 44.8 Å². The summed E-state index contributed by atoms with van der Waals surface area (Å²) < 4.78 is 6.21. The summed E-state index contributed by atoms with van der Waals surface area (Å²) in [4.78, 5) is 16.5. The van der Waals surface area contributed by atoms with Gasteiger partial charge in [-0.05, 0) is 94.9 Å². The maximum absolute atomic E-state index is 12.1. The highest BCUT2D eigenvalue weighted by atomic mass is 35.5. The number of likely N-dealkylation sites (tertiary alicyclic amines) is 2. The zero-order chi connectivity index (χ0) is 24.3. The first-order valence-corrected chi connectivity index (χ1v) is 12.9. The van der Waals surface area contributed by atoms with Crippen LogP contribution >= 0.6 is 11.6 Å². The molecule has 2 aromatic carbocycles. The number of rotatable bonds is 7. The number of piperidine rings is 1. The minimum atomic E-state index is 0.206. The maximum atomic E-state index is 12.1. The largest absolute Gasteiger partial charge is 0.492 e. The molecule has 0 aliphatic carbocycles. The minimum absolute atomic E-state index is 0.206. The number of carbonyl (C=O) groups is 1. The zero-order valence-electron chi connectivity index (χ0n) is 21.0. The van der Waals surface area contributed by atoms with Gasteiger partial charge in [0.1, 0.15) is 12.4 Å². The van der Waals surface area contributed by atoms with Gasteiger partial charge in [-0.2, -0.15) is 0 Å². The molecular weight excluding hydrogens is 446 g/mol. The lowest BCUT2D eigenvalue weighted by atomic mass is 9.88. The summed E-state index contributed by atoms with van der Waals surface area (Å²) in [5.74, 6) is 1.73. The fraction of sp³-hybridized carbons (Fsp3) is 0.536. The van der Waals surface area contributed by atoms with E-state index in [-0.39, 0.29) is 5.91 Å². The van der Waals surface area contributed by atoms with Gasteiger partial charge in [0, 0.05) is 24.7 Å². The van der Waals surface area contributed by atoms with E-state index in [9.17, 15) is 4.79 Å². The van der Waals surface area contributed by atoms with Crippen LogP contribution in [0.15, 0.2) is 42.5 Å². The van der Waals surface area contributed by atoms with Gasteiger partial charge >= 0.3 is 0 Å². The Bertz CT molecular complexity index is 868. The van der Waals surface area contributed by atoms with Gasteiger partial charge in [-0.25, -0.2) is 0 Å². The Kier molecular flexibility index (Phi) is 10.7. The Labute approximate surface area is 210 Å². The van der Waals surface area contributed by atoms with Crippen molar-refractivity contribution in [1.82, 2.24) is 15.1 Å². The van der Waals surface area contributed by atoms with Gasteiger partial charge < -0.3 is 15.0 Å². The molecule has 2 saturated heterocycles. The van der Waals surface area contributed by atoms with E-state index in [1.165, 1.54) is 42.6 Å². The van der Waals surface area contributed by atoms with Crippen molar-refractivity contribution < 1.29 is 9.53 Å². The molecule has 34 heavy (non-hydrogen) atoms. The molecule has 0 saturated carbocycles. The number of likely N-dealkylation sites (N-methyl/N-ethyl adjacent to an activating group) is 1. The summed E-state index contributed by atoms with van der Waals surface area (Å²) in [7, 11) is 1.82. The van der Waals surface area contributed by atoms with Crippen molar-refractivity contribution in [2.45, 2.75) is 45.4 Å². The number of amides is 1. The number of halogens is 1. The van der Waals surface area contributed by atoms with E-state index in [0.29, 0.717) is 12.5 Å². The second-order valence-corrected chi connectivity index (χ2v) is 9.86. The standard InChI is InChI=1S/C21H33N3O2.C7H7Cl/c1-17-5-6-19(18-7-11-24(12-8-18)21(25)16-22-2)20(15-17)26-14-13-23-9-3-4-10-23;1-6-2-4-7(8)5-3-6/h5-6,15,18,22H,3-4,7-14,16H2,1-2H3;2-5H,1H3. The molecule has 0 spiro atoms. The number of nitrogens with one attached hydrogen (secondary N) is 1. The van der Waals surface area contributed by atoms with Gasteiger partial charge in [-0.1, -0.05) is 41.4 Å². The summed E-state index contributed by atoms with van der Waals surface area (Å²) in [6.07, 6.45) is 4.67. The lowest BCUT2D eigenvalue weighted by Crippen LogP contribution is -2.41. The van der Waals surface area contributed by atoms with Gasteiger partial charge in [0.25, 0.3) is 0 Å². The number of nitrogens with zero attached hydrogens (tertiary/aromatic N) is 2. The third-order valence-corrected chi connectivity index (χ3v) is 6.91. The predicted octanol–water partition coefficient (Wildman–Crippen LogP) is 5.04. The van der Waals surface area contributed by atoms with Crippen LogP contribution in [0.4, 0.5) is 0 Å². The molecule has 2 aromatic rings. The average molecular weight is 486 g/mol. The van der Waals surface area contributed by atoms with Crippen LogP contribution in [0.2, 0.25) is 5.02 Å². The lowest BCUT2D eigenvalue weighted by molar-refractivity contribution is -0.131. The van der Waals surface area contributed by atoms with E-state index in [0.717, 1.165) is 49.9 Å². The number of hydrogen-bond acceptors (Lipinski definition) is 4. The Morgan fingerprint density at radius 1 is 1.00 bits per heavy atom. The lowest BCUT2D eigenvalue weighted by Gasteiger charge is -2.33. The monoisotopic (exact) mass is 485 g/mol. The van der Waals surface area contributed by atoms with Crippen molar-refractivity contribution >= 4 is 17.5 Å². The molecule has 1 N–H and O–H groups in total. The van der Waals surface area contributed by atoms with Crippen molar-refractivity contribution in [2.24, 2.45) is 0 Å². The summed E-state index contributed by atoms with van der Waals surface area (Å²) in [5.41, 5.74) is 3.80. The zero-order valence-corrected chi connectivity index (χ0v) is 21.7. The first-order valence-electron chi connectivity index (χ1n) is 12.6. The summed E-state index contributed by atoms with van der Waals surface area (Å²) in [5, 5.41) is 3.76. The first kappa shape index (κ1) is 26.5. The van der Waals surface area contributed by atoms with Crippen molar-refractivity contribution in [1.29, 1.82) is 0 Å². The molecule has 1 amide bonds. The highest BCUT2D eigenvalue weighted by molar-refractivity contribution is 6.30. The SMILES string of the molecule is CNCC(=O)N1CCC(c2ccc(C)cc2OCCN2CCCC2)CC1.Cc1ccc(Cl)cc1. The van der Waals surface area contributed by atoms with E-state index in [1.54, 1.807) is 0 Å². The number of ether oxygens (including phenoxy) is 1. The van der Waals surface area contributed by atoms with Crippen LogP contribution in [0, 0.1) is 13.8 Å². The fourth-order valence-corrected chi connectivity index (χ4v) is 4.76.